The number of hydrogen-bond acceptors (Lipinski definition) is 18. The van der Waals surface area contributed by atoms with Gasteiger partial charge in [0.05, 0.1) is 19.5 Å². The van der Waals surface area contributed by atoms with Crippen molar-refractivity contribution in [1.29, 1.82) is 0 Å². The number of carbonyl (C=O) groups is 1. The highest BCUT2D eigenvalue weighted by atomic mass is 32.1. The number of amides is 1. The topological polar surface area (TPSA) is 283 Å². The van der Waals surface area contributed by atoms with E-state index < -0.39 is 95.3 Å². The summed E-state index contributed by atoms with van der Waals surface area (Å²) in [5, 5.41) is 1.83. The fourth-order valence-electron chi connectivity index (χ4n) is 6.41. The van der Waals surface area contributed by atoms with Crippen molar-refractivity contribution in [1.82, 2.24) is 24.5 Å². The number of nitrogen functional groups attached to an aromatic ring is 1. The third-order valence-electron chi connectivity index (χ3n) is 8.39. The first-order valence-corrected chi connectivity index (χ1v) is 19.6. The predicted octanol–water partition coefficient (Wildman–Crippen LogP) is 1.85. The number of anilines is 1. The number of aryl methyl sites for hydroxylation is 1. The molecule has 3 aromatic heterocycles. The van der Waals surface area contributed by atoms with E-state index >= 15 is 0 Å². The molecule has 51 heavy (non-hydrogen) atoms. The fraction of sp³-hybridized carbons (Fsp3) is 0.667. The van der Waals surface area contributed by atoms with Crippen LogP contribution >= 0.6 is 27.0 Å². The van der Waals surface area contributed by atoms with Gasteiger partial charge in [-0.05, 0) is 27.7 Å². The summed E-state index contributed by atoms with van der Waals surface area (Å²) >= 11 is 1.11. The van der Waals surface area contributed by atoms with Gasteiger partial charge in [-0.3, -0.25) is 18.4 Å². The molecule has 24 heteroatoms. The molecule has 4 aliphatic heterocycles. The lowest BCUT2D eigenvalue weighted by Crippen LogP contribution is -2.33. The quantitative estimate of drug-likeness (QED) is 0.191. The highest BCUT2D eigenvalue weighted by Gasteiger charge is 2.58. The highest BCUT2D eigenvalue weighted by molar-refractivity contribution is 7.61. The van der Waals surface area contributed by atoms with Crippen molar-refractivity contribution in [3.8, 4) is 0 Å². The van der Waals surface area contributed by atoms with Gasteiger partial charge in [-0.2, -0.15) is 4.31 Å². The van der Waals surface area contributed by atoms with Gasteiger partial charge >= 0.3 is 15.6 Å². The van der Waals surface area contributed by atoms with E-state index in [2.05, 4.69) is 24.2 Å². The molecule has 0 saturated carbocycles. The van der Waals surface area contributed by atoms with Crippen LogP contribution in [0.4, 0.5) is 5.82 Å². The SMILES string of the molecule is CCc1nc(N)c2ncn([C@@H]3O[C@H](COP(=O)(O)OP(=O)(O)OC[C@H]4O[C@@H](c5nc(C(N)=O)cs5)[C@@H]5OC(C)(C)O[C@@H]54)[C@H]4OC(C)(C)O[C@H]43)c2n1. The van der Waals surface area contributed by atoms with Gasteiger partial charge in [0, 0.05) is 11.8 Å². The molecule has 3 aromatic rings. The van der Waals surface area contributed by atoms with Crippen LogP contribution < -0.4 is 11.5 Å². The normalized spacial score (nSPS) is 33.2. The van der Waals surface area contributed by atoms with Crippen LogP contribution in [0.25, 0.3) is 11.2 Å². The molecule has 6 N–H and O–H groups in total. The summed E-state index contributed by atoms with van der Waals surface area (Å²) in [5.74, 6) is -2.17. The van der Waals surface area contributed by atoms with Crippen molar-refractivity contribution >= 4 is 49.9 Å². The summed E-state index contributed by atoms with van der Waals surface area (Å²) in [7, 11) is -10.5. The number of rotatable bonds is 12. The van der Waals surface area contributed by atoms with Crippen LogP contribution in [0.5, 0.6) is 0 Å². The first kappa shape index (κ1) is 36.8. The van der Waals surface area contributed by atoms with Crippen LogP contribution in [0.3, 0.4) is 0 Å². The van der Waals surface area contributed by atoms with Crippen molar-refractivity contribution in [3.63, 3.8) is 0 Å². The second kappa shape index (κ2) is 13.1. The van der Waals surface area contributed by atoms with Crippen LogP contribution in [0.1, 0.15) is 68.3 Å². The number of aromatic nitrogens is 5. The van der Waals surface area contributed by atoms with E-state index in [1.165, 1.54) is 11.7 Å². The summed E-state index contributed by atoms with van der Waals surface area (Å²) in [5.41, 5.74) is 12.2. The van der Waals surface area contributed by atoms with Crippen molar-refractivity contribution in [3.05, 3.63) is 28.2 Å². The Balaban J connectivity index is 1.00. The zero-order chi connectivity index (χ0) is 36.7. The number of ether oxygens (including phenoxy) is 6. The number of phosphoric acid groups is 2. The van der Waals surface area contributed by atoms with Crippen LogP contribution in [-0.2, 0) is 57.3 Å². The van der Waals surface area contributed by atoms with Crippen molar-refractivity contribution < 1.29 is 65.5 Å². The third-order valence-corrected chi connectivity index (χ3v) is 11.9. The zero-order valence-corrected chi connectivity index (χ0v) is 30.5. The lowest BCUT2D eigenvalue weighted by atomic mass is 10.1. The van der Waals surface area contributed by atoms with Crippen molar-refractivity contribution in [2.24, 2.45) is 5.73 Å². The van der Waals surface area contributed by atoms with E-state index in [0.717, 1.165) is 11.3 Å². The van der Waals surface area contributed by atoms with Crippen LogP contribution in [0.15, 0.2) is 11.7 Å². The second-order valence-electron chi connectivity index (χ2n) is 13.0. The summed E-state index contributed by atoms with van der Waals surface area (Å²) < 4.78 is 78.5. The Hall–Kier alpha value is -2.53. The maximum atomic E-state index is 13.0. The Bertz CT molecular complexity index is 1930. The Labute approximate surface area is 294 Å². The summed E-state index contributed by atoms with van der Waals surface area (Å²) in [6.07, 6.45) is -4.83. The minimum Gasteiger partial charge on any atom is -0.382 e. The van der Waals surface area contributed by atoms with Gasteiger partial charge in [0.1, 0.15) is 64.8 Å². The lowest BCUT2D eigenvalue weighted by molar-refractivity contribution is -0.199. The number of primary amides is 1. The van der Waals surface area contributed by atoms with E-state index in [4.69, 9.17) is 48.9 Å². The number of thiazole rings is 1. The minimum absolute atomic E-state index is 0.0327. The lowest BCUT2D eigenvalue weighted by Gasteiger charge is -2.25. The zero-order valence-electron chi connectivity index (χ0n) is 27.9. The average Bonchev–Trinajstić information content (AvgIpc) is 3.86. The highest BCUT2D eigenvalue weighted by Crippen LogP contribution is 2.61. The van der Waals surface area contributed by atoms with Gasteiger partial charge in [-0.15, -0.1) is 11.3 Å². The van der Waals surface area contributed by atoms with E-state index in [1.807, 2.05) is 6.92 Å². The Morgan fingerprint density at radius 2 is 1.53 bits per heavy atom. The second-order valence-corrected chi connectivity index (χ2v) is 17.0. The number of phosphoric ester groups is 2. The minimum atomic E-state index is -5.26. The van der Waals surface area contributed by atoms with Gasteiger partial charge < -0.3 is 49.7 Å². The number of nitrogens with zero attached hydrogens (tertiary/aromatic N) is 5. The summed E-state index contributed by atoms with van der Waals surface area (Å²) in [4.78, 5) is 49.8. The first-order valence-electron chi connectivity index (χ1n) is 15.8. The molecule has 21 nitrogen and oxygen atoms in total. The van der Waals surface area contributed by atoms with Gasteiger partial charge in [0.15, 0.2) is 29.3 Å². The molecule has 1 amide bonds. The molecular weight excluding hydrogens is 740 g/mol. The van der Waals surface area contributed by atoms with E-state index in [1.54, 1.807) is 32.3 Å². The van der Waals surface area contributed by atoms with E-state index in [0.29, 0.717) is 28.4 Å². The largest absolute Gasteiger partial charge is 0.481 e. The van der Waals surface area contributed by atoms with Crippen LogP contribution in [0.2, 0.25) is 0 Å². The molecule has 4 fully saturated rings. The molecule has 7 heterocycles. The van der Waals surface area contributed by atoms with E-state index in [9.17, 15) is 23.7 Å². The van der Waals surface area contributed by atoms with Gasteiger partial charge in [-0.1, -0.05) is 6.92 Å². The van der Waals surface area contributed by atoms with Crippen molar-refractivity contribution in [2.75, 3.05) is 18.9 Å². The molecular formula is C27H37N7O14P2S. The molecule has 0 aromatic carbocycles. The Morgan fingerprint density at radius 1 is 0.941 bits per heavy atom. The maximum Gasteiger partial charge on any atom is 0.481 e. The molecule has 0 aliphatic carbocycles. The molecule has 0 spiro atoms. The third kappa shape index (κ3) is 7.36. The number of carbonyl (C=O) groups excluding carboxylic acids is 1. The van der Waals surface area contributed by atoms with Crippen molar-refractivity contribution in [2.45, 2.75) is 102 Å². The monoisotopic (exact) mass is 777 g/mol. The van der Waals surface area contributed by atoms with Gasteiger partial charge in [-0.25, -0.2) is 29.1 Å². The molecule has 2 unspecified atom stereocenters. The molecule has 280 valence electrons. The smallest absolute Gasteiger partial charge is 0.382 e. The summed E-state index contributed by atoms with van der Waals surface area (Å²) in [6, 6.07) is 0. The van der Waals surface area contributed by atoms with Gasteiger partial charge in [0.25, 0.3) is 5.91 Å². The summed E-state index contributed by atoms with van der Waals surface area (Å²) in [6.45, 7) is 7.36. The molecule has 0 radical (unpaired) electrons. The number of nitrogens with two attached hydrogens (primary N) is 2. The standard InChI is InChI=1S/C27H37N7O14P2S/c1-6-14-32-21(28)15-23(33-14)34(10-30-15)25-20-17(45-27(4,5)47-20)13(43-25)8-41-50(38,39)48-49(36,37)40-7-12-16-18(46-26(2,3)44-16)19(42-12)24-31-11(9-51-24)22(29)35/h9-10,12-13,16-20,25H,6-8H2,1-5H3,(H2,29,35)(H,36,37)(H,38,39)(H2,28,32,33)/t12-,13-,16-,17-,18-,19-,20-,25-/m1/s1. The number of fused-ring (bicyclic) bond motifs is 3. The molecule has 10 atom stereocenters. The molecule has 0 bridgehead atoms. The molecule has 4 saturated heterocycles. The number of hydrogen-bond donors (Lipinski definition) is 4. The number of imidazole rings is 1. The first-order chi connectivity index (χ1) is 23.8. The average molecular weight is 778 g/mol. The fourth-order valence-corrected chi connectivity index (χ4v) is 9.37. The predicted molar refractivity (Wildman–Crippen MR) is 172 cm³/mol. The van der Waals surface area contributed by atoms with Crippen LogP contribution in [-0.4, -0.2) is 102 Å². The van der Waals surface area contributed by atoms with Gasteiger partial charge in [0.2, 0.25) is 0 Å². The van der Waals surface area contributed by atoms with Crippen LogP contribution in [0, 0.1) is 0 Å². The van der Waals surface area contributed by atoms with E-state index in [-0.39, 0.29) is 11.5 Å². The molecule has 7 rings (SSSR count). The maximum absolute atomic E-state index is 13.0. The Kier molecular flexibility index (Phi) is 9.45. The molecule has 4 aliphatic rings. The Morgan fingerprint density at radius 3 is 2.14 bits per heavy atom.